The first-order chi connectivity index (χ1) is 18.1. The second kappa shape index (κ2) is 11.3. The van der Waals surface area contributed by atoms with Gasteiger partial charge in [-0.15, -0.1) is 0 Å². The van der Waals surface area contributed by atoms with E-state index < -0.39 is 21.7 Å². The van der Waals surface area contributed by atoms with Gasteiger partial charge in [0.1, 0.15) is 17.4 Å². The molecule has 0 aliphatic heterocycles. The van der Waals surface area contributed by atoms with Gasteiger partial charge in [-0.3, -0.25) is 14.3 Å². The predicted molar refractivity (Wildman–Crippen MR) is 142 cm³/mol. The van der Waals surface area contributed by atoms with E-state index in [1.807, 2.05) is 6.92 Å². The number of aryl methyl sites for hydroxylation is 1. The number of aromatic nitrogens is 1. The molecule has 1 aliphatic carbocycles. The highest BCUT2D eigenvalue weighted by molar-refractivity contribution is 7.92. The van der Waals surface area contributed by atoms with Crippen LogP contribution in [0.2, 0.25) is 0 Å². The van der Waals surface area contributed by atoms with E-state index in [-0.39, 0.29) is 40.2 Å². The number of unbranched alkanes of at least 4 members (excludes halogenated alkanes) is 2. The van der Waals surface area contributed by atoms with Crippen molar-refractivity contribution in [2.45, 2.75) is 51.9 Å². The molecule has 1 amide bonds. The van der Waals surface area contributed by atoms with Gasteiger partial charge in [0.05, 0.1) is 22.5 Å². The van der Waals surface area contributed by atoms with Crippen LogP contribution in [0, 0.1) is 5.82 Å². The second-order valence-corrected chi connectivity index (χ2v) is 11.0. The van der Waals surface area contributed by atoms with Crippen molar-refractivity contribution in [2.24, 2.45) is 0 Å². The Morgan fingerprint density at radius 3 is 2.53 bits per heavy atom. The molecule has 0 bridgehead atoms. The largest absolute Gasteiger partial charge is 0.512 e. The number of benzene rings is 1. The van der Waals surface area contributed by atoms with Crippen LogP contribution in [0.15, 0.2) is 46.1 Å². The topological polar surface area (TPSA) is 139 Å². The zero-order valence-electron chi connectivity index (χ0n) is 21.3. The molecule has 0 saturated heterocycles. The number of hydrogen-bond donors (Lipinski definition) is 3. The van der Waals surface area contributed by atoms with Crippen molar-refractivity contribution in [3.8, 4) is 11.3 Å². The first-order valence-electron chi connectivity index (χ1n) is 12.5. The van der Waals surface area contributed by atoms with Gasteiger partial charge in [0.15, 0.2) is 5.78 Å². The van der Waals surface area contributed by atoms with Gasteiger partial charge in [-0.2, -0.15) is 4.98 Å². The van der Waals surface area contributed by atoms with Gasteiger partial charge in [-0.05, 0) is 61.6 Å². The van der Waals surface area contributed by atoms with Crippen molar-refractivity contribution in [1.82, 2.24) is 10.3 Å². The van der Waals surface area contributed by atoms with Crippen LogP contribution in [0.4, 0.5) is 10.2 Å². The Kier molecular flexibility index (Phi) is 8.15. The summed E-state index contributed by atoms with van der Waals surface area (Å²) in [7, 11) is -2.26. The molecule has 0 unspecified atom stereocenters. The van der Waals surface area contributed by atoms with E-state index >= 15 is 0 Å². The Morgan fingerprint density at radius 1 is 1.16 bits per heavy atom. The van der Waals surface area contributed by atoms with E-state index in [1.165, 1.54) is 31.3 Å². The van der Waals surface area contributed by atoms with Crippen LogP contribution in [0.3, 0.4) is 0 Å². The number of aliphatic hydroxyl groups is 1. The number of sulfonamides is 1. The molecule has 3 aromatic rings. The molecule has 9 nitrogen and oxygen atoms in total. The minimum atomic E-state index is -3.74. The number of carbonyl (C=O) groups excluding carboxylic acids is 2. The van der Waals surface area contributed by atoms with Crippen molar-refractivity contribution in [3.63, 3.8) is 0 Å². The predicted octanol–water partition coefficient (Wildman–Crippen LogP) is 5.03. The molecular weight excluding hydrogens is 513 g/mol. The number of amides is 1. The number of ketones is 1. The maximum Gasteiger partial charge on any atom is 0.255 e. The average molecular weight is 544 g/mol. The molecule has 2 heterocycles. The fourth-order valence-electron chi connectivity index (χ4n) is 4.52. The highest BCUT2D eigenvalue weighted by atomic mass is 32.2. The van der Waals surface area contributed by atoms with Crippen molar-refractivity contribution < 1.29 is 31.9 Å². The molecule has 38 heavy (non-hydrogen) atoms. The van der Waals surface area contributed by atoms with E-state index in [2.05, 4.69) is 15.0 Å². The summed E-state index contributed by atoms with van der Waals surface area (Å²) in [5.41, 5.74) is 1.83. The highest BCUT2D eigenvalue weighted by Crippen LogP contribution is 2.35. The number of furan rings is 1. The molecule has 202 valence electrons. The van der Waals surface area contributed by atoms with Crippen molar-refractivity contribution in [2.75, 3.05) is 17.5 Å². The Morgan fingerprint density at radius 2 is 1.89 bits per heavy atom. The molecule has 2 aromatic heterocycles. The lowest BCUT2D eigenvalue weighted by Gasteiger charge is -2.11. The zero-order valence-corrected chi connectivity index (χ0v) is 22.1. The van der Waals surface area contributed by atoms with Gasteiger partial charge in [0, 0.05) is 31.0 Å². The summed E-state index contributed by atoms with van der Waals surface area (Å²) in [6.07, 6.45) is 3.16. The van der Waals surface area contributed by atoms with Gasteiger partial charge in [0.2, 0.25) is 15.7 Å². The molecule has 4 rings (SSSR count). The normalized spacial score (nSPS) is 13.9. The molecule has 3 N–H and O–H groups in total. The monoisotopic (exact) mass is 543 g/mol. The molecule has 11 heteroatoms. The van der Waals surface area contributed by atoms with E-state index in [4.69, 9.17) is 4.42 Å². The van der Waals surface area contributed by atoms with E-state index in [0.29, 0.717) is 67.0 Å². The summed E-state index contributed by atoms with van der Waals surface area (Å²) in [5.74, 6) is -0.550. The number of rotatable bonds is 11. The van der Waals surface area contributed by atoms with E-state index in [0.717, 1.165) is 0 Å². The Labute approximate surface area is 220 Å². The standard InChI is InChI=1S/C27H30FN3O6S/c1-3-16-15-20-23(26(34)29-2)24(17-8-10-18(28)11-9-17)37-27(20)30-25(16)31-38(35,36)14-6-4-5-7-19-21(32)12-13-22(19)33/h8-11,15,32H,3-7,12-14H2,1-2H3,(H,29,34)(H,30,31). The third kappa shape index (κ3) is 5.88. The van der Waals surface area contributed by atoms with E-state index in [9.17, 15) is 27.5 Å². The zero-order chi connectivity index (χ0) is 27.4. The van der Waals surface area contributed by atoms with E-state index in [1.54, 1.807) is 6.07 Å². The summed E-state index contributed by atoms with van der Waals surface area (Å²) in [6, 6.07) is 7.17. The van der Waals surface area contributed by atoms with Crippen molar-refractivity contribution >= 4 is 38.6 Å². The van der Waals surface area contributed by atoms with Crippen LogP contribution in [0.5, 0.6) is 0 Å². The Balaban J connectivity index is 1.53. The lowest BCUT2D eigenvalue weighted by atomic mass is 10.0. The lowest BCUT2D eigenvalue weighted by molar-refractivity contribution is -0.115. The molecule has 0 fully saturated rings. The molecule has 1 aromatic carbocycles. The van der Waals surface area contributed by atoms with Gasteiger partial charge in [-0.1, -0.05) is 13.3 Å². The first kappa shape index (κ1) is 27.3. The molecule has 0 spiro atoms. The van der Waals surface area contributed by atoms with Gasteiger partial charge < -0.3 is 14.8 Å². The Hall–Kier alpha value is -3.73. The maximum absolute atomic E-state index is 13.5. The first-order valence-corrected chi connectivity index (χ1v) is 14.2. The summed E-state index contributed by atoms with van der Waals surface area (Å²) < 4.78 is 47.6. The molecule has 0 atom stereocenters. The van der Waals surface area contributed by atoms with Crippen LogP contribution in [0.1, 0.15) is 61.4 Å². The number of allylic oxidation sites excluding steroid dienone is 2. The lowest BCUT2D eigenvalue weighted by Crippen LogP contribution is -2.19. The molecule has 0 saturated carbocycles. The number of halogens is 1. The number of pyridine rings is 1. The maximum atomic E-state index is 13.5. The minimum absolute atomic E-state index is 0.0366. The average Bonchev–Trinajstić information content (AvgIpc) is 3.41. The fourth-order valence-corrected chi connectivity index (χ4v) is 5.68. The van der Waals surface area contributed by atoms with Crippen LogP contribution in [0.25, 0.3) is 22.4 Å². The number of anilines is 1. The van der Waals surface area contributed by atoms with Gasteiger partial charge >= 0.3 is 0 Å². The fraction of sp³-hybridized carbons (Fsp3) is 0.370. The highest BCUT2D eigenvalue weighted by Gasteiger charge is 2.25. The second-order valence-electron chi connectivity index (χ2n) is 9.17. The van der Waals surface area contributed by atoms with Crippen LogP contribution in [-0.4, -0.2) is 43.0 Å². The van der Waals surface area contributed by atoms with Gasteiger partial charge in [0.25, 0.3) is 5.91 Å². The van der Waals surface area contributed by atoms with Crippen LogP contribution in [-0.2, 0) is 21.2 Å². The number of fused-ring (bicyclic) bond motifs is 1. The summed E-state index contributed by atoms with van der Waals surface area (Å²) in [4.78, 5) is 28.9. The molecule has 0 radical (unpaired) electrons. The number of nitrogens with zero attached hydrogens (tertiary/aromatic N) is 1. The molecule has 1 aliphatic rings. The Bertz CT molecular complexity index is 1510. The number of Topliss-reactive ketones (excluding diaryl/α,β-unsaturated/α-hetero) is 1. The SMILES string of the molecule is CCc1cc2c(C(=O)NC)c(-c3ccc(F)cc3)oc2nc1NS(=O)(=O)CCCCCC1=C(O)CCC1=O. The summed E-state index contributed by atoms with van der Waals surface area (Å²) in [5, 5.41) is 12.8. The summed E-state index contributed by atoms with van der Waals surface area (Å²) in [6.45, 7) is 1.84. The number of aliphatic hydroxyl groups excluding tert-OH is 1. The quantitative estimate of drug-likeness (QED) is 0.288. The number of hydrogen-bond acceptors (Lipinski definition) is 7. The number of nitrogens with one attached hydrogen (secondary N) is 2. The van der Waals surface area contributed by atoms with Crippen LogP contribution < -0.4 is 10.0 Å². The number of carbonyl (C=O) groups is 2. The van der Waals surface area contributed by atoms with Gasteiger partial charge in [-0.25, -0.2) is 12.8 Å². The van der Waals surface area contributed by atoms with Crippen molar-refractivity contribution in [1.29, 1.82) is 0 Å². The third-order valence-corrected chi connectivity index (χ3v) is 7.90. The van der Waals surface area contributed by atoms with Crippen LogP contribution >= 0.6 is 0 Å². The molecular formula is C27H30FN3O6S. The smallest absolute Gasteiger partial charge is 0.255 e. The third-order valence-electron chi connectivity index (χ3n) is 6.57. The minimum Gasteiger partial charge on any atom is -0.512 e. The summed E-state index contributed by atoms with van der Waals surface area (Å²) >= 11 is 0. The van der Waals surface area contributed by atoms with Crippen molar-refractivity contribution in [3.05, 3.63) is 58.6 Å².